The van der Waals surface area contributed by atoms with Crippen molar-refractivity contribution in [2.75, 3.05) is 0 Å². The number of ketones is 1. The van der Waals surface area contributed by atoms with Gasteiger partial charge in [-0.3, -0.25) is 4.79 Å². The standard InChI is InChI=1S/C22H36O3/c1-13(2)25-15(4)19(23)14(3)16-11-17(21(5,6)7)20(24)18(12-16)22(8,9)10/h11-15,24H,1-10H3. The second kappa shape index (κ2) is 7.49. The molecule has 2 unspecified atom stereocenters. The Morgan fingerprint density at radius 2 is 1.32 bits per heavy atom. The Labute approximate surface area is 153 Å². The lowest BCUT2D eigenvalue weighted by Gasteiger charge is -2.29. The summed E-state index contributed by atoms with van der Waals surface area (Å²) in [6.45, 7) is 20.1. The Bertz CT molecular complexity index is 580. The highest BCUT2D eigenvalue weighted by Crippen LogP contribution is 2.41. The predicted molar refractivity (Wildman–Crippen MR) is 105 cm³/mol. The van der Waals surface area contributed by atoms with E-state index in [0.29, 0.717) is 5.75 Å². The number of ether oxygens (including phenoxy) is 1. The van der Waals surface area contributed by atoms with Crippen molar-refractivity contribution >= 4 is 5.78 Å². The van der Waals surface area contributed by atoms with E-state index in [1.807, 2.05) is 39.8 Å². The summed E-state index contributed by atoms with van der Waals surface area (Å²) in [6.07, 6.45) is -0.429. The van der Waals surface area contributed by atoms with Crippen molar-refractivity contribution in [3.8, 4) is 5.75 Å². The number of phenolic OH excluding ortho intramolecular Hbond substituents is 1. The molecule has 1 rings (SSSR count). The van der Waals surface area contributed by atoms with E-state index >= 15 is 0 Å². The van der Waals surface area contributed by atoms with Gasteiger partial charge in [-0.2, -0.15) is 0 Å². The number of hydrogen-bond donors (Lipinski definition) is 1. The molecule has 2 atom stereocenters. The minimum absolute atomic E-state index is 0.0150. The van der Waals surface area contributed by atoms with Crippen molar-refractivity contribution in [3.63, 3.8) is 0 Å². The van der Waals surface area contributed by atoms with Crippen molar-refractivity contribution in [1.29, 1.82) is 0 Å². The molecule has 0 saturated carbocycles. The van der Waals surface area contributed by atoms with E-state index in [2.05, 4.69) is 41.5 Å². The van der Waals surface area contributed by atoms with Crippen molar-refractivity contribution in [2.45, 2.75) is 98.2 Å². The van der Waals surface area contributed by atoms with Crippen LogP contribution in [-0.2, 0) is 20.4 Å². The average Bonchev–Trinajstić information content (AvgIpc) is 2.42. The van der Waals surface area contributed by atoms with Crippen LogP contribution in [0.4, 0.5) is 0 Å². The minimum atomic E-state index is -0.444. The number of phenols is 1. The van der Waals surface area contributed by atoms with Crippen LogP contribution in [-0.4, -0.2) is 23.1 Å². The van der Waals surface area contributed by atoms with Gasteiger partial charge in [-0.15, -0.1) is 0 Å². The van der Waals surface area contributed by atoms with E-state index in [-0.39, 0.29) is 28.6 Å². The van der Waals surface area contributed by atoms with Crippen LogP contribution in [0.15, 0.2) is 12.1 Å². The Kier molecular flexibility index (Phi) is 6.50. The molecule has 0 radical (unpaired) electrons. The number of benzene rings is 1. The first kappa shape index (κ1) is 21.7. The third-order valence-corrected chi connectivity index (χ3v) is 4.55. The summed E-state index contributed by atoms with van der Waals surface area (Å²) >= 11 is 0. The fourth-order valence-electron chi connectivity index (χ4n) is 3.04. The first-order chi connectivity index (χ1) is 11.2. The molecule has 0 saturated heterocycles. The Hall–Kier alpha value is -1.35. The molecule has 0 fully saturated rings. The van der Waals surface area contributed by atoms with Crippen molar-refractivity contribution < 1.29 is 14.6 Å². The summed E-state index contributed by atoms with van der Waals surface area (Å²) in [6, 6.07) is 3.96. The van der Waals surface area contributed by atoms with Gasteiger partial charge in [0.1, 0.15) is 11.9 Å². The van der Waals surface area contributed by atoms with Gasteiger partial charge in [-0.25, -0.2) is 0 Å². The smallest absolute Gasteiger partial charge is 0.168 e. The molecular formula is C22H36O3. The number of Topliss-reactive ketones (excluding diaryl/α,β-unsaturated/α-hetero) is 1. The number of carbonyl (C=O) groups is 1. The molecule has 0 aromatic heterocycles. The molecule has 0 aliphatic carbocycles. The highest BCUT2D eigenvalue weighted by atomic mass is 16.5. The first-order valence-corrected chi connectivity index (χ1v) is 9.23. The van der Waals surface area contributed by atoms with Crippen LogP contribution in [0.5, 0.6) is 5.75 Å². The first-order valence-electron chi connectivity index (χ1n) is 9.23. The van der Waals surface area contributed by atoms with Crippen LogP contribution in [0.1, 0.15) is 91.8 Å². The maximum Gasteiger partial charge on any atom is 0.168 e. The zero-order chi connectivity index (χ0) is 19.7. The maximum absolute atomic E-state index is 12.8. The van der Waals surface area contributed by atoms with E-state index < -0.39 is 6.10 Å². The Balaban J connectivity index is 3.43. The lowest BCUT2D eigenvalue weighted by atomic mass is 9.76. The molecular weight excluding hydrogens is 312 g/mol. The number of carbonyl (C=O) groups excluding carboxylic acids is 1. The van der Waals surface area contributed by atoms with Gasteiger partial charge >= 0.3 is 0 Å². The highest BCUT2D eigenvalue weighted by molar-refractivity contribution is 5.89. The molecule has 0 bridgehead atoms. The van der Waals surface area contributed by atoms with Crippen molar-refractivity contribution in [1.82, 2.24) is 0 Å². The average molecular weight is 349 g/mol. The summed E-state index contributed by atoms with van der Waals surface area (Å²) in [5.74, 6) is 0.130. The molecule has 142 valence electrons. The van der Waals surface area contributed by atoms with E-state index in [1.165, 1.54) is 0 Å². The minimum Gasteiger partial charge on any atom is -0.507 e. The van der Waals surface area contributed by atoms with E-state index in [4.69, 9.17) is 4.74 Å². The molecule has 0 amide bonds. The SMILES string of the molecule is CC(C)OC(C)C(=O)C(C)c1cc(C(C)(C)C)c(O)c(C(C)(C)C)c1. The summed E-state index contributed by atoms with van der Waals surface area (Å²) < 4.78 is 5.67. The normalized spacial score (nSPS) is 15.3. The van der Waals surface area contributed by atoms with Gasteiger partial charge in [0.2, 0.25) is 0 Å². The van der Waals surface area contributed by atoms with Crippen LogP contribution < -0.4 is 0 Å². The van der Waals surface area contributed by atoms with Crippen LogP contribution in [0.2, 0.25) is 0 Å². The lowest BCUT2D eigenvalue weighted by Crippen LogP contribution is -2.28. The monoisotopic (exact) mass is 348 g/mol. The fraction of sp³-hybridized carbons (Fsp3) is 0.682. The summed E-state index contributed by atoms with van der Waals surface area (Å²) in [5.41, 5.74) is 2.29. The second-order valence-electron chi connectivity index (χ2n) is 9.42. The van der Waals surface area contributed by atoms with Gasteiger partial charge in [0, 0.05) is 5.92 Å². The molecule has 0 spiro atoms. The third kappa shape index (κ3) is 5.31. The van der Waals surface area contributed by atoms with Gasteiger partial charge < -0.3 is 9.84 Å². The van der Waals surface area contributed by atoms with E-state index in [0.717, 1.165) is 16.7 Å². The fourth-order valence-corrected chi connectivity index (χ4v) is 3.04. The molecule has 0 heterocycles. The molecule has 1 N–H and O–H groups in total. The lowest BCUT2D eigenvalue weighted by molar-refractivity contribution is -0.133. The van der Waals surface area contributed by atoms with Crippen molar-refractivity contribution in [2.24, 2.45) is 0 Å². The Morgan fingerprint density at radius 3 is 1.64 bits per heavy atom. The van der Waals surface area contributed by atoms with Crippen LogP contribution in [0.3, 0.4) is 0 Å². The van der Waals surface area contributed by atoms with Crippen LogP contribution >= 0.6 is 0 Å². The number of hydrogen-bond acceptors (Lipinski definition) is 3. The van der Waals surface area contributed by atoms with Gasteiger partial charge in [0.15, 0.2) is 5.78 Å². The van der Waals surface area contributed by atoms with Crippen LogP contribution in [0.25, 0.3) is 0 Å². The summed E-state index contributed by atoms with van der Waals surface area (Å²) in [5, 5.41) is 10.8. The molecule has 3 heteroatoms. The zero-order valence-electron chi connectivity index (χ0n) is 17.7. The van der Waals surface area contributed by atoms with Gasteiger partial charge in [-0.1, -0.05) is 60.6 Å². The molecule has 0 aliphatic rings. The van der Waals surface area contributed by atoms with Gasteiger partial charge in [-0.05, 0) is 48.3 Å². The largest absolute Gasteiger partial charge is 0.507 e. The van der Waals surface area contributed by atoms with Gasteiger partial charge in [0.05, 0.1) is 6.10 Å². The third-order valence-electron chi connectivity index (χ3n) is 4.55. The number of aromatic hydroxyl groups is 1. The quantitative estimate of drug-likeness (QED) is 0.767. The van der Waals surface area contributed by atoms with E-state index in [9.17, 15) is 9.90 Å². The highest BCUT2D eigenvalue weighted by Gasteiger charge is 2.30. The Morgan fingerprint density at radius 1 is 0.920 bits per heavy atom. The van der Waals surface area contributed by atoms with Crippen molar-refractivity contribution in [3.05, 3.63) is 28.8 Å². The molecule has 25 heavy (non-hydrogen) atoms. The number of rotatable bonds is 5. The summed E-state index contributed by atoms with van der Waals surface area (Å²) in [7, 11) is 0. The predicted octanol–water partition coefficient (Wildman–Crippen LogP) is 5.47. The molecule has 3 nitrogen and oxygen atoms in total. The van der Waals surface area contributed by atoms with Gasteiger partial charge in [0.25, 0.3) is 0 Å². The second-order valence-corrected chi connectivity index (χ2v) is 9.42. The van der Waals surface area contributed by atoms with Crippen LogP contribution in [0, 0.1) is 0 Å². The topological polar surface area (TPSA) is 46.5 Å². The maximum atomic E-state index is 12.8. The van der Waals surface area contributed by atoms with E-state index in [1.54, 1.807) is 0 Å². The summed E-state index contributed by atoms with van der Waals surface area (Å²) in [4.78, 5) is 12.8. The zero-order valence-corrected chi connectivity index (χ0v) is 17.7. The molecule has 1 aromatic rings. The molecule has 0 aliphatic heterocycles. The molecule has 1 aromatic carbocycles.